The highest BCUT2D eigenvalue weighted by atomic mass is 35.5. The van der Waals surface area contributed by atoms with Gasteiger partial charge in [0.15, 0.2) is 5.15 Å². The molecule has 1 N–H and O–H groups in total. The van der Waals surface area contributed by atoms with Crippen molar-refractivity contribution in [3.05, 3.63) is 46.9 Å². The second-order valence-electron chi connectivity index (χ2n) is 7.70. The zero-order valence-electron chi connectivity index (χ0n) is 17.2. The molecule has 3 heterocycles. The summed E-state index contributed by atoms with van der Waals surface area (Å²) in [5.74, 6) is 0.241. The molecule has 164 valence electrons. The third-order valence-corrected chi connectivity index (χ3v) is 5.03. The van der Waals surface area contributed by atoms with Crippen LogP contribution in [-0.2, 0) is 26.7 Å². The topological polar surface area (TPSA) is 63.8 Å². The maximum atomic E-state index is 13.3. The number of fused-ring (bicyclic) bond motifs is 3. The van der Waals surface area contributed by atoms with Crippen LogP contribution in [0.1, 0.15) is 11.1 Å². The largest absolute Gasteiger partial charge is 0.406 e. The van der Waals surface area contributed by atoms with Gasteiger partial charge in [-0.05, 0) is 31.8 Å². The SMILES string of the molecule is CN(C)Cc1ccc2c(c1)c1nc(NCc3cnn(C)c3)nc(Cl)c1n2CC(F)(F)F. The maximum Gasteiger partial charge on any atom is 0.406 e. The lowest BCUT2D eigenvalue weighted by Gasteiger charge is -2.12. The Morgan fingerprint density at radius 3 is 2.58 bits per heavy atom. The van der Waals surface area contributed by atoms with Gasteiger partial charge in [-0.25, -0.2) is 4.98 Å². The number of nitrogens with one attached hydrogen (secondary N) is 1. The summed E-state index contributed by atoms with van der Waals surface area (Å²) in [5.41, 5.74) is 2.84. The first-order valence-corrected chi connectivity index (χ1v) is 9.90. The molecule has 0 aliphatic rings. The molecule has 0 radical (unpaired) electrons. The van der Waals surface area contributed by atoms with Gasteiger partial charge in [-0.1, -0.05) is 17.7 Å². The first kappa shape index (κ1) is 21.4. The Kier molecular flexibility index (Phi) is 5.52. The number of anilines is 1. The Labute approximate surface area is 181 Å². The standard InChI is InChI=1S/C20H21ClF3N7/c1-29(2)9-12-4-5-15-14(6-12)16-17(31(15)11-20(22,23)24)18(21)28-19(27-16)25-7-13-8-26-30(3)10-13/h4-6,8,10H,7,9,11H2,1-3H3,(H,25,27,28). The molecule has 7 nitrogen and oxygen atoms in total. The van der Waals surface area contributed by atoms with Gasteiger partial charge in [0, 0.05) is 37.3 Å². The molecule has 0 unspecified atom stereocenters. The summed E-state index contributed by atoms with van der Waals surface area (Å²) in [7, 11) is 5.66. The summed E-state index contributed by atoms with van der Waals surface area (Å²) in [4.78, 5) is 10.7. The van der Waals surface area contributed by atoms with E-state index in [0.717, 1.165) is 15.7 Å². The zero-order chi connectivity index (χ0) is 22.3. The molecule has 0 aliphatic carbocycles. The number of aryl methyl sites for hydroxylation is 1. The number of hydrogen-bond donors (Lipinski definition) is 1. The van der Waals surface area contributed by atoms with E-state index < -0.39 is 12.7 Å². The monoisotopic (exact) mass is 451 g/mol. The predicted molar refractivity (Wildman–Crippen MR) is 114 cm³/mol. The highest BCUT2D eigenvalue weighted by molar-refractivity contribution is 6.35. The lowest BCUT2D eigenvalue weighted by molar-refractivity contribution is -0.139. The fraction of sp³-hybridized carbons (Fsp3) is 0.350. The minimum Gasteiger partial charge on any atom is -0.350 e. The second-order valence-corrected chi connectivity index (χ2v) is 8.06. The van der Waals surface area contributed by atoms with Crippen LogP contribution in [0.4, 0.5) is 19.1 Å². The third-order valence-electron chi connectivity index (χ3n) is 4.76. The average molecular weight is 452 g/mol. The van der Waals surface area contributed by atoms with Crippen LogP contribution in [0.2, 0.25) is 5.15 Å². The molecular weight excluding hydrogens is 431 g/mol. The molecule has 11 heteroatoms. The van der Waals surface area contributed by atoms with Crippen molar-refractivity contribution in [2.45, 2.75) is 25.8 Å². The third kappa shape index (κ3) is 4.59. The second kappa shape index (κ2) is 8.01. The van der Waals surface area contributed by atoms with Gasteiger partial charge in [0.1, 0.15) is 17.6 Å². The number of halogens is 4. The van der Waals surface area contributed by atoms with Crippen LogP contribution < -0.4 is 5.32 Å². The summed E-state index contributed by atoms with van der Waals surface area (Å²) in [5, 5.41) is 7.75. The van der Waals surface area contributed by atoms with Gasteiger partial charge < -0.3 is 14.8 Å². The molecule has 0 amide bonds. The highest BCUT2D eigenvalue weighted by Gasteiger charge is 2.31. The number of aromatic nitrogens is 5. The Hall–Kier alpha value is -2.85. The van der Waals surface area contributed by atoms with E-state index in [4.69, 9.17) is 11.6 Å². The van der Waals surface area contributed by atoms with E-state index in [1.807, 2.05) is 44.4 Å². The van der Waals surface area contributed by atoms with Crippen LogP contribution in [0, 0.1) is 0 Å². The number of rotatable bonds is 6. The van der Waals surface area contributed by atoms with Gasteiger partial charge in [0.05, 0.1) is 11.7 Å². The van der Waals surface area contributed by atoms with Crippen molar-refractivity contribution in [3.8, 4) is 0 Å². The van der Waals surface area contributed by atoms with E-state index in [1.54, 1.807) is 16.9 Å². The molecule has 0 atom stereocenters. The van der Waals surface area contributed by atoms with Crippen LogP contribution in [0.15, 0.2) is 30.6 Å². The number of nitrogens with zero attached hydrogens (tertiary/aromatic N) is 6. The van der Waals surface area contributed by atoms with Crippen LogP contribution in [-0.4, -0.2) is 49.5 Å². The maximum absolute atomic E-state index is 13.3. The first-order valence-electron chi connectivity index (χ1n) is 9.52. The summed E-state index contributed by atoms with van der Waals surface area (Å²) in [6.07, 6.45) is -0.868. The predicted octanol–water partition coefficient (Wildman–Crippen LogP) is 4.21. The molecule has 0 spiro atoms. The Bertz CT molecular complexity index is 1240. The van der Waals surface area contributed by atoms with Gasteiger partial charge >= 0.3 is 6.18 Å². The normalized spacial score (nSPS) is 12.4. The van der Waals surface area contributed by atoms with E-state index in [1.165, 1.54) is 0 Å². The minimum absolute atomic E-state index is 0.0340. The average Bonchev–Trinajstić information content (AvgIpc) is 3.20. The Morgan fingerprint density at radius 2 is 1.94 bits per heavy atom. The fourth-order valence-corrected chi connectivity index (χ4v) is 3.89. The van der Waals surface area contributed by atoms with Gasteiger partial charge in [0.2, 0.25) is 5.95 Å². The molecule has 4 rings (SSSR count). The van der Waals surface area contributed by atoms with Crippen molar-refractivity contribution in [2.24, 2.45) is 7.05 Å². The van der Waals surface area contributed by atoms with Crippen molar-refractivity contribution >= 4 is 39.5 Å². The van der Waals surface area contributed by atoms with E-state index in [2.05, 4.69) is 20.4 Å². The summed E-state index contributed by atoms with van der Waals surface area (Å²) in [6, 6.07) is 5.36. The molecule has 0 fully saturated rings. The molecule has 0 saturated heterocycles. The van der Waals surface area contributed by atoms with Crippen molar-refractivity contribution < 1.29 is 13.2 Å². The van der Waals surface area contributed by atoms with E-state index >= 15 is 0 Å². The van der Waals surface area contributed by atoms with Crippen molar-refractivity contribution in [1.29, 1.82) is 0 Å². The summed E-state index contributed by atoms with van der Waals surface area (Å²) >= 11 is 6.37. The molecule has 1 aromatic carbocycles. The van der Waals surface area contributed by atoms with Crippen LogP contribution in [0.25, 0.3) is 21.9 Å². The first-order chi connectivity index (χ1) is 14.6. The van der Waals surface area contributed by atoms with Gasteiger partial charge in [-0.2, -0.15) is 23.3 Å². The van der Waals surface area contributed by atoms with Crippen LogP contribution >= 0.6 is 11.6 Å². The van der Waals surface area contributed by atoms with Crippen molar-refractivity contribution in [2.75, 3.05) is 19.4 Å². The minimum atomic E-state index is -4.41. The lowest BCUT2D eigenvalue weighted by atomic mass is 10.1. The van der Waals surface area contributed by atoms with Crippen molar-refractivity contribution in [3.63, 3.8) is 0 Å². The molecule has 0 saturated carbocycles. The highest BCUT2D eigenvalue weighted by Crippen LogP contribution is 2.35. The zero-order valence-corrected chi connectivity index (χ0v) is 18.0. The summed E-state index contributed by atoms with van der Waals surface area (Å²) < 4.78 is 42.8. The Balaban J connectivity index is 1.84. The molecule has 4 aromatic rings. The van der Waals surface area contributed by atoms with Gasteiger partial charge in [-0.3, -0.25) is 4.68 Å². The number of alkyl halides is 3. The summed E-state index contributed by atoms with van der Waals surface area (Å²) in [6.45, 7) is -0.124. The van der Waals surface area contributed by atoms with E-state index in [-0.39, 0.29) is 16.6 Å². The van der Waals surface area contributed by atoms with E-state index in [0.29, 0.717) is 29.5 Å². The van der Waals surface area contributed by atoms with Crippen molar-refractivity contribution in [1.82, 2.24) is 29.2 Å². The smallest absolute Gasteiger partial charge is 0.350 e. The van der Waals surface area contributed by atoms with Crippen LogP contribution in [0.3, 0.4) is 0 Å². The quantitative estimate of drug-likeness (QED) is 0.445. The number of hydrogen-bond acceptors (Lipinski definition) is 5. The molecule has 0 bridgehead atoms. The van der Waals surface area contributed by atoms with E-state index in [9.17, 15) is 13.2 Å². The van der Waals surface area contributed by atoms with Crippen LogP contribution in [0.5, 0.6) is 0 Å². The number of benzene rings is 1. The van der Waals surface area contributed by atoms with Gasteiger partial charge in [0.25, 0.3) is 0 Å². The van der Waals surface area contributed by atoms with Gasteiger partial charge in [-0.15, -0.1) is 0 Å². The fourth-order valence-electron chi connectivity index (χ4n) is 3.61. The molecular formula is C20H21ClF3N7. The lowest BCUT2D eigenvalue weighted by Crippen LogP contribution is -2.17. The molecule has 3 aromatic heterocycles. The molecule has 31 heavy (non-hydrogen) atoms. The molecule has 0 aliphatic heterocycles. The Morgan fingerprint density at radius 1 is 1.16 bits per heavy atom.